The van der Waals surface area contributed by atoms with Crippen LogP contribution in [0.15, 0.2) is 18.7 Å². The van der Waals surface area contributed by atoms with Crippen molar-refractivity contribution in [1.29, 1.82) is 0 Å². The molecule has 0 amide bonds. The fourth-order valence-corrected chi connectivity index (χ4v) is 3.88. The Morgan fingerprint density at radius 2 is 1.74 bits per heavy atom. The van der Waals surface area contributed by atoms with Gasteiger partial charge in [0.05, 0.1) is 24.7 Å². The van der Waals surface area contributed by atoms with Gasteiger partial charge < -0.3 is 29.4 Å². The van der Waals surface area contributed by atoms with Crippen LogP contribution in [0.3, 0.4) is 0 Å². The summed E-state index contributed by atoms with van der Waals surface area (Å²) in [5.41, 5.74) is 6.66. The van der Waals surface area contributed by atoms with Crippen LogP contribution in [-0.2, 0) is 38.1 Å². The van der Waals surface area contributed by atoms with Crippen LogP contribution in [0.25, 0.3) is 17.1 Å². The van der Waals surface area contributed by atoms with E-state index in [9.17, 15) is 19.2 Å². The zero-order valence-electron chi connectivity index (χ0n) is 20.9. The predicted octanol–water partition coefficient (Wildman–Crippen LogP) is 0.0948. The number of nitrogens with two attached hydrogens (primary N) is 1. The highest BCUT2D eigenvalue weighted by atomic mass is 16.7. The molecule has 4 atom stereocenters. The van der Waals surface area contributed by atoms with Crippen LogP contribution < -0.4 is 5.73 Å². The van der Waals surface area contributed by atoms with Gasteiger partial charge in [-0.05, 0) is 6.92 Å². The van der Waals surface area contributed by atoms with Gasteiger partial charge in [-0.2, -0.15) is 15.1 Å². The fraction of sp³-hybridized carbons (Fsp3) is 0.455. The van der Waals surface area contributed by atoms with Gasteiger partial charge in [-0.3, -0.25) is 19.0 Å². The van der Waals surface area contributed by atoms with Crippen molar-refractivity contribution in [3.63, 3.8) is 0 Å². The van der Waals surface area contributed by atoms with Crippen LogP contribution >= 0.6 is 0 Å². The van der Waals surface area contributed by atoms with E-state index in [4.69, 9.17) is 29.4 Å². The monoisotopic (exact) mass is 531 g/mol. The first-order chi connectivity index (χ1) is 18.1. The van der Waals surface area contributed by atoms with Gasteiger partial charge in [0.2, 0.25) is 0 Å². The topological polar surface area (TPSA) is 202 Å². The molecule has 0 aliphatic carbocycles. The van der Waals surface area contributed by atoms with Gasteiger partial charge in [0, 0.05) is 27.0 Å². The van der Waals surface area contributed by atoms with E-state index in [1.54, 1.807) is 6.92 Å². The fourth-order valence-electron chi connectivity index (χ4n) is 3.88. The Hall–Kier alpha value is -4.60. The zero-order chi connectivity index (χ0) is 27.6. The maximum Gasteiger partial charge on any atom is 0.341 e. The molecular formula is C22H25N7O9. The second-order valence-electron chi connectivity index (χ2n) is 8.14. The molecule has 3 aromatic heterocycles. The minimum atomic E-state index is -1.16. The van der Waals surface area contributed by atoms with Gasteiger partial charge in [0.15, 0.2) is 29.9 Å². The Morgan fingerprint density at radius 3 is 2.39 bits per heavy atom. The molecule has 0 bridgehead atoms. The van der Waals surface area contributed by atoms with E-state index in [0.29, 0.717) is 0 Å². The molecule has 0 unspecified atom stereocenters. The molecule has 38 heavy (non-hydrogen) atoms. The summed E-state index contributed by atoms with van der Waals surface area (Å²) in [6, 6.07) is 0. The van der Waals surface area contributed by atoms with Gasteiger partial charge in [0.25, 0.3) is 5.95 Å². The van der Waals surface area contributed by atoms with Crippen molar-refractivity contribution in [3.8, 4) is 5.95 Å². The molecule has 1 aliphatic heterocycles. The quantitative estimate of drug-likeness (QED) is 0.303. The second-order valence-corrected chi connectivity index (χ2v) is 8.14. The van der Waals surface area contributed by atoms with Gasteiger partial charge in [-0.1, -0.05) is 0 Å². The Labute approximate surface area is 215 Å². The molecular weight excluding hydrogens is 506 g/mol. The number of ether oxygens (including phenoxy) is 5. The van der Waals surface area contributed by atoms with E-state index >= 15 is 0 Å². The summed E-state index contributed by atoms with van der Waals surface area (Å²) < 4.78 is 29.6. The maximum atomic E-state index is 12.0. The highest BCUT2D eigenvalue weighted by Gasteiger charge is 2.51. The minimum absolute atomic E-state index is 0.00216. The Morgan fingerprint density at radius 1 is 1.03 bits per heavy atom. The lowest BCUT2D eigenvalue weighted by Crippen LogP contribution is -2.40. The molecule has 1 aliphatic rings. The summed E-state index contributed by atoms with van der Waals surface area (Å²) in [4.78, 5) is 60.2. The van der Waals surface area contributed by atoms with Crippen molar-refractivity contribution >= 4 is 40.9 Å². The molecule has 1 saturated heterocycles. The number of hydrogen-bond acceptors (Lipinski definition) is 14. The number of carbonyl (C=O) groups is 4. The molecule has 16 nitrogen and oxygen atoms in total. The highest BCUT2D eigenvalue weighted by Crippen LogP contribution is 2.36. The van der Waals surface area contributed by atoms with E-state index in [-0.39, 0.29) is 41.7 Å². The summed E-state index contributed by atoms with van der Waals surface area (Å²) in [7, 11) is 0. The number of imidazole rings is 1. The maximum absolute atomic E-state index is 12.0. The average molecular weight is 531 g/mol. The number of fused-ring (bicyclic) bond motifs is 1. The molecule has 202 valence electrons. The molecule has 4 heterocycles. The van der Waals surface area contributed by atoms with Crippen molar-refractivity contribution in [2.75, 3.05) is 18.9 Å². The third-order valence-corrected chi connectivity index (χ3v) is 5.35. The predicted molar refractivity (Wildman–Crippen MR) is 124 cm³/mol. The van der Waals surface area contributed by atoms with E-state index < -0.39 is 48.4 Å². The van der Waals surface area contributed by atoms with Crippen LogP contribution in [0.5, 0.6) is 0 Å². The first kappa shape index (κ1) is 26.5. The summed E-state index contributed by atoms with van der Waals surface area (Å²) in [5.74, 6) is -2.49. The lowest BCUT2D eigenvalue weighted by atomic mass is 10.1. The number of carbonyl (C=O) groups excluding carboxylic acids is 4. The number of nitrogens with zero attached hydrogens (tertiary/aromatic N) is 6. The Kier molecular flexibility index (Phi) is 7.52. The summed E-state index contributed by atoms with van der Waals surface area (Å²) in [6.07, 6.45) is -0.357. The molecule has 4 rings (SSSR count). The van der Waals surface area contributed by atoms with Gasteiger partial charge in [0.1, 0.15) is 18.2 Å². The van der Waals surface area contributed by atoms with Crippen molar-refractivity contribution in [1.82, 2.24) is 29.3 Å². The lowest BCUT2D eigenvalue weighted by Gasteiger charge is -2.23. The van der Waals surface area contributed by atoms with Crippen molar-refractivity contribution in [2.24, 2.45) is 0 Å². The third-order valence-electron chi connectivity index (χ3n) is 5.35. The van der Waals surface area contributed by atoms with Gasteiger partial charge >= 0.3 is 23.9 Å². The third kappa shape index (κ3) is 5.39. The molecule has 0 spiro atoms. The number of aromatic nitrogens is 6. The van der Waals surface area contributed by atoms with E-state index in [1.807, 2.05) is 0 Å². The smallest absolute Gasteiger partial charge is 0.341 e. The first-order valence-corrected chi connectivity index (χ1v) is 11.4. The Bertz CT molecular complexity index is 1380. The molecule has 0 saturated carbocycles. The van der Waals surface area contributed by atoms with Crippen LogP contribution in [0.2, 0.25) is 0 Å². The SMILES string of the molecule is CCOC(=O)c1cnn(-c2nc(N)c3ncn([C@@H]4O[C@H](COC(C)=O)[C@H](OC(C)=O)[C@H]4OC(C)=O)c3n2)c1. The van der Waals surface area contributed by atoms with Crippen molar-refractivity contribution in [2.45, 2.75) is 52.2 Å². The molecule has 1 fully saturated rings. The molecule has 0 aromatic carbocycles. The van der Waals surface area contributed by atoms with Gasteiger partial charge in [-0.15, -0.1) is 0 Å². The standard InChI is InChI=1S/C22H25N7O9/c1-5-34-21(33)13-6-25-29(7-13)22-26-18(23)15-19(27-22)28(9-24-15)20-17(37-12(4)32)16(36-11(3)31)14(38-20)8-35-10(2)30/h6-7,9,14,16-17,20H,5,8H2,1-4H3,(H2,23,26,27)/t14-,16+,17-,20-/m1/s1. The first-order valence-electron chi connectivity index (χ1n) is 11.4. The normalized spacial score (nSPS) is 20.7. The Balaban J connectivity index is 1.76. The number of nitrogen functional groups attached to an aromatic ring is 1. The average Bonchev–Trinajstić information content (AvgIpc) is 3.56. The summed E-state index contributed by atoms with van der Waals surface area (Å²) in [5, 5.41) is 4.10. The van der Waals surface area contributed by atoms with Crippen molar-refractivity contribution < 1.29 is 42.9 Å². The van der Waals surface area contributed by atoms with Crippen LogP contribution in [0.1, 0.15) is 44.3 Å². The number of esters is 4. The van der Waals surface area contributed by atoms with Crippen LogP contribution in [0.4, 0.5) is 5.82 Å². The molecule has 0 radical (unpaired) electrons. The highest BCUT2D eigenvalue weighted by molar-refractivity contribution is 5.89. The van der Waals surface area contributed by atoms with E-state index in [1.165, 1.54) is 48.7 Å². The molecule has 3 aromatic rings. The summed E-state index contributed by atoms with van der Waals surface area (Å²) in [6.45, 7) is 5.17. The largest absolute Gasteiger partial charge is 0.463 e. The molecule has 2 N–H and O–H groups in total. The molecule has 16 heteroatoms. The van der Waals surface area contributed by atoms with E-state index in [0.717, 1.165) is 0 Å². The summed E-state index contributed by atoms with van der Waals surface area (Å²) >= 11 is 0. The zero-order valence-corrected chi connectivity index (χ0v) is 20.9. The number of anilines is 1. The van der Waals surface area contributed by atoms with E-state index in [2.05, 4.69) is 20.1 Å². The second kappa shape index (κ2) is 10.8. The van der Waals surface area contributed by atoms with Crippen molar-refractivity contribution in [3.05, 3.63) is 24.3 Å². The number of rotatable bonds is 8. The van der Waals surface area contributed by atoms with Crippen LogP contribution in [-0.4, -0.2) is 84.7 Å². The van der Waals surface area contributed by atoms with Crippen LogP contribution in [0, 0.1) is 0 Å². The lowest BCUT2D eigenvalue weighted by molar-refractivity contribution is -0.166. The minimum Gasteiger partial charge on any atom is -0.463 e. The number of hydrogen-bond donors (Lipinski definition) is 1. The van der Waals surface area contributed by atoms with Gasteiger partial charge in [-0.25, -0.2) is 14.5 Å².